The number of hydrogen-bond acceptors (Lipinski definition) is 6. The monoisotopic (exact) mass is 429 g/mol. The molecule has 1 N–H and O–H groups in total. The van der Waals surface area contributed by atoms with Gasteiger partial charge in [-0.2, -0.15) is 4.98 Å². The van der Waals surface area contributed by atoms with Crippen LogP contribution in [0.4, 0.5) is 0 Å². The van der Waals surface area contributed by atoms with E-state index >= 15 is 0 Å². The molecule has 4 aromatic rings. The van der Waals surface area contributed by atoms with Crippen molar-refractivity contribution in [3.8, 4) is 17.1 Å². The molecule has 0 aliphatic carbocycles. The number of halogens is 1. The molecule has 9 heteroatoms. The second-order valence-electron chi connectivity index (χ2n) is 6.22. The van der Waals surface area contributed by atoms with E-state index in [-0.39, 0.29) is 17.3 Å². The van der Waals surface area contributed by atoms with Gasteiger partial charge in [0.2, 0.25) is 21.7 Å². The molecule has 0 fully saturated rings. The highest BCUT2D eigenvalue weighted by Gasteiger charge is 2.17. The Labute approximate surface area is 172 Å². The molecule has 0 atom stereocenters. The molecule has 1 aromatic heterocycles. The summed E-state index contributed by atoms with van der Waals surface area (Å²) in [5.41, 5.74) is 0.681. The van der Waals surface area contributed by atoms with Gasteiger partial charge >= 0.3 is 0 Å². The van der Waals surface area contributed by atoms with Crippen molar-refractivity contribution in [1.82, 2.24) is 14.9 Å². The minimum absolute atomic E-state index is 0.128. The van der Waals surface area contributed by atoms with E-state index in [4.69, 9.17) is 20.9 Å². The van der Waals surface area contributed by atoms with Crippen molar-refractivity contribution in [1.29, 1.82) is 0 Å². The lowest BCUT2D eigenvalue weighted by Crippen LogP contribution is -2.23. The molecule has 0 saturated heterocycles. The van der Waals surface area contributed by atoms with E-state index in [1.165, 1.54) is 6.07 Å². The zero-order valence-electron chi connectivity index (χ0n) is 15.3. The van der Waals surface area contributed by atoms with Gasteiger partial charge in [0.15, 0.2) is 0 Å². The zero-order chi connectivity index (χ0) is 20.4. The van der Waals surface area contributed by atoms with E-state index in [0.29, 0.717) is 22.2 Å². The first kappa shape index (κ1) is 19.4. The number of nitrogens with zero attached hydrogens (tertiary/aromatic N) is 2. The lowest BCUT2D eigenvalue weighted by molar-refractivity contribution is 0.376. The van der Waals surface area contributed by atoms with E-state index in [2.05, 4.69) is 14.9 Å². The van der Waals surface area contributed by atoms with Crippen molar-refractivity contribution in [2.75, 3.05) is 7.11 Å². The molecule has 0 amide bonds. The van der Waals surface area contributed by atoms with Crippen molar-refractivity contribution in [2.45, 2.75) is 11.4 Å². The first-order valence-corrected chi connectivity index (χ1v) is 10.5. The van der Waals surface area contributed by atoms with Crippen molar-refractivity contribution < 1.29 is 17.7 Å². The van der Waals surface area contributed by atoms with Gasteiger partial charge in [0.1, 0.15) is 5.75 Å². The van der Waals surface area contributed by atoms with Crippen LogP contribution in [0.25, 0.3) is 22.2 Å². The minimum Gasteiger partial charge on any atom is -0.497 e. The van der Waals surface area contributed by atoms with Gasteiger partial charge in [0.05, 0.1) is 18.6 Å². The standard InChI is InChI=1S/C20H16ClN3O4S/c1-27-17-7-5-14-11-18(8-6-13(14)10-17)29(25,26)22-12-19-23-20(24-28-19)15-3-2-4-16(21)9-15/h2-11,22H,12H2,1H3. The van der Waals surface area contributed by atoms with Crippen LogP contribution in [-0.2, 0) is 16.6 Å². The highest BCUT2D eigenvalue weighted by Crippen LogP contribution is 2.24. The fourth-order valence-electron chi connectivity index (χ4n) is 2.81. The molecule has 7 nitrogen and oxygen atoms in total. The second kappa shape index (κ2) is 7.82. The Kier molecular flexibility index (Phi) is 5.23. The fourth-order valence-corrected chi connectivity index (χ4v) is 4.01. The van der Waals surface area contributed by atoms with Crippen molar-refractivity contribution in [3.63, 3.8) is 0 Å². The normalized spacial score (nSPS) is 11.7. The molecule has 0 radical (unpaired) electrons. The number of hydrogen-bond donors (Lipinski definition) is 1. The smallest absolute Gasteiger partial charge is 0.242 e. The SMILES string of the molecule is COc1ccc2cc(S(=O)(=O)NCc3nc(-c4cccc(Cl)c4)no3)ccc2c1. The Morgan fingerprint density at radius 3 is 2.66 bits per heavy atom. The van der Waals surface area contributed by atoms with Gasteiger partial charge in [-0.15, -0.1) is 0 Å². The van der Waals surface area contributed by atoms with E-state index in [9.17, 15) is 8.42 Å². The quantitative estimate of drug-likeness (QED) is 0.497. The maximum Gasteiger partial charge on any atom is 0.242 e. The third-order valence-electron chi connectivity index (χ3n) is 4.29. The van der Waals surface area contributed by atoms with Crippen molar-refractivity contribution in [2.24, 2.45) is 0 Å². The highest BCUT2D eigenvalue weighted by atomic mass is 35.5. The first-order chi connectivity index (χ1) is 13.9. The molecule has 3 aromatic carbocycles. The van der Waals surface area contributed by atoms with Gasteiger partial charge in [0, 0.05) is 10.6 Å². The first-order valence-electron chi connectivity index (χ1n) is 8.60. The third kappa shape index (κ3) is 4.24. The topological polar surface area (TPSA) is 94.3 Å². The summed E-state index contributed by atoms with van der Waals surface area (Å²) < 4.78 is 38.1. The summed E-state index contributed by atoms with van der Waals surface area (Å²) in [6, 6.07) is 17.3. The average molecular weight is 430 g/mol. The van der Waals surface area contributed by atoms with E-state index in [1.54, 1.807) is 49.6 Å². The molecule has 0 unspecified atom stereocenters. The molecule has 0 saturated carbocycles. The van der Waals surface area contributed by atoms with Crippen LogP contribution in [0.2, 0.25) is 5.02 Å². The summed E-state index contributed by atoms with van der Waals surface area (Å²) in [6.07, 6.45) is 0. The molecule has 29 heavy (non-hydrogen) atoms. The largest absolute Gasteiger partial charge is 0.497 e. The number of fused-ring (bicyclic) bond motifs is 1. The van der Waals surface area contributed by atoms with Gasteiger partial charge < -0.3 is 9.26 Å². The minimum atomic E-state index is -3.76. The van der Waals surface area contributed by atoms with Crippen LogP contribution in [0.3, 0.4) is 0 Å². The predicted molar refractivity (Wildman–Crippen MR) is 109 cm³/mol. The third-order valence-corrected chi connectivity index (χ3v) is 5.93. The zero-order valence-corrected chi connectivity index (χ0v) is 16.9. The molecular formula is C20H16ClN3O4S. The Morgan fingerprint density at radius 1 is 1.07 bits per heavy atom. The summed E-state index contributed by atoms with van der Waals surface area (Å²) in [6.45, 7) is -0.128. The van der Waals surface area contributed by atoms with Gasteiger partial charge in [-0.3, -0.25) is 0 Å². The van der Waals surface area contributed by atoms with Crippen LogP contribution in [0.5, 0.6) is 5.75 Å². The Balaban J connectivity index is 1.51. The molecule has 148 valence electrons. The van der Waals surface area contributed by atoms with Crippen LogP contribution in [0.1, 0.15) is 5.89 Å². The van der Waals surface area contributed by atoms with E-state index in [1.807, 2.05) is 12.1 Å². The van der Waals surface area contributed by atoms with Crippen molar-refractivity contribution >= 4 is 32.4 Å². The lowest BCUT2D eigenvalue weighted by Gasteiger charge is -2.07. The van der Waals surface area contributed by atoms with Gasteiger partial charge in [-0.05, 0) is 47.2 Å². The number of methoxy groups -OCH3 is 1. The fraction of sp³-hybridized carbons (Fsp3) is 0.100. The molecule has 0 bridgehead atoms. The number of aromatic nitrogens is 2. The maximum absolute atomic E-state index is 12.7. The number of nitrogens with one attached hydrogen (secondary N) is 1. The van der Waals surface area contributed by atoms with E-state index < -0.39 is 10.0 Å². The number of sulfonamides is 1. The number of benzene rings is 3. The predicted octanol–water partition coefficient (Wildman–Crippen LogP) is 4.03. The molecule has 0 aliphatic heterocycles. The summed E-state index contributed by atoms with van der Waals surface area (Å²) in [5.74, 6) is 1.19. The van der Waals surface area contributed by atoms with Gasteiger partial charge in [0.25, 0.3) is 0 Å². The number of ether oxygens (including phenoxy) is 1. The Hall–Kier alpha value is -2.94. The van der Waals surface area contributed by atoms with E-state index in [0.717, 1.165) is 10.8 Å². The summed E-state index contributed by atoms with van der Waals surface area (Å²) in [4.78, 5) is 4.35. The molecular weight excluding hydrogens is 414 g/mol. The molecule has 0 aliphatic rings. The highest BCUT2D eigenvalue weighted by molar-refractivity contribution is 7.89. The van der Waals surface area contributed by atoms with Gasteiger partial charge in [-0.25, -0.2) is 13.1 Å². The average Bonchev–Trinajstić information content (AvgIpc) is 3.21. The van der Waals surface area contributed by atoms with Crippen LogP contribution in [0, 0.1) is 0 Å². The number of rotatable bonds is 6. The lowest BCUT2D eigenvalue weighted by atomic mass is 10.1. The van der Waals surface area contributed by atoms with Crippen LogP contribution < -0.4 is 9.46 Å². The van der Waals surface area contributed by atoms with Crippen LogP contribution in [-0.4, -0.2) is 25.7 Å². The molecule has 4 rings (SSSR count). The second-order valence-corrected chi connectivity index (χ2v) is 8.42. The summed E-state index contributed by atoms with van der Waals surface area (Å²) in [5, 5.41) is 6.08. The Morgan fingerprint density at radius 2 is 1.86 bits per heavy atom. The van der Waals surface area contributed by atoms with Crippen molar-refractivity contribution in [3.05, 3.63) is 71.6 Å². The summed E-state index contributed by atoms with van der Waals surface area (Å²) >= 11 is 5.96. The van der Waals surface area contributed by atoms with Crippen LogP contribution in [0.15, 0.2) is 70.1 Å². The summed E-state index contributed by atoms with van der Waals surface area (Å²) in [7, 11) is -2.18. The molecule has 0 spiro atoms. The molecule has 1 heterocycles. The maximum atomic E-state index is 12.7. The van der Waals surface area contributed by atoms with Crippen LogP contribution >= 0.6 is 11.6 Å². The Bertz CT molecular complexity index is 1290. The van der Waals surface area contributed by atoms with Gasteiger partial charge in [-0.1, -0.05) is 41.0 Å².